The van der Waals surface area contributed by atoms with E-state index in [0.717, 1.165) is 19.3 Å². The molecule has 2 fully saturated rings. The Balaban J connectivity index is 2.04. The maximum Gasteiger partial charge on any atom is 0.264 e. The lowest BCUT2D eigenvalue weighted by atomic mass is 9.82. The second-order valence-electron chi connectivity index (χ2n) is 8.51. The molecule has 2 aliphatic rings. The van der Waals surface area contributed by atoms with Gasteiger partial charge in [0.05, 0.1) is 20.8 Å². The first-order chi connectivity index (χ1) is 14.4. The third kappa shape index (κ3) is 4.13. The Bertz CT molecular complexity index is 761. The molecule has 1 heterocycles. The number of methoxy groups -OCH3 is 2. The summed E-state index contributed by atoms with van der Waals surface area (Å²) in [5, 5.41) is 3.02. The Morgan fingerprint density at radius 2 is 1.97 bits per heavy atom. The van der Waals surface area contributed by atoms with Crippen LogP contribution in [0.1, 0.15) is 63.2 Å². The van der Waals surface area contributed by atoms with E-state index < -0.39 is 11.8 Å². The molecule has 3 rings (SSSR count). The van der Waals surface area contributed by atoms with Gasteiger partial charge in [-0.25, -0.2) is 0 Å². The first-order valence-corrected chi connectivity index (χ1v) is 10.9. The van der Waals surface area contributed by atoms with Crippen molar-refractivity contribution in [3.05, 3.63) is 23.8 Å². The highest BCUT2D eigenvalue weighted by atomic mass is 16.5. The van der Waals surface area contributed by atoms with Gasteiger partial charge in [0, 0.05) is 6.04 Å². The molecule has 1 saturated heterocycles. The largest absolute Gasteiger partial charge is 0.496 e. The minimum Gasteiger partial charge on any atom is -0.496 e. The number of benzene rings is 1. The molecule has 0 radical (unpaired) electrons. The number of hydrogen-bond donors (Lipinski definition) is 1. The highest BCUT2D eigenvalue weighted by Gasteiger charge is 2.54. The highest BCUT2D eigenvalue weighted by Crippen LogP contribution is 2.45. The molecule has 2 amide bonds. The van der Waals surface area contributed by atoms with Crippen molar-refractivity contribution in [3.63, 3.8) is 0 Å². The highest BCUT2D eigenvalue weighted by molar-refractivity contribution is 6.02. The molecule has 1 saturated carbocycles. The molecule has 1 aromatic rings. The number of nitrogens with zero attached hydrogens (tertiary/aromatic N) is 1. The first kappa shape index (κ1) is 22.4. The fourth-order valence-electron chi connectivity index (χ4n) is 4.63. The minimum atomic E-state index is -0.780. The Morgan fingerprint density at radius 3 is 2.53 bits per heavy atom. The maximum atomic E-state index is 14.0. The molecule has 166 valence electrons. The van der Waals surface area contributed by atoms with Crippen LogP contribution in [-0.2, 0) is 9.53 Å². The lowest BCUT2D eigenvalue weighted by Gasteiger charge is -2.43. The Kier molecular flexibility index (Phi) is 6.91. The zero-order chi connectivity index (χ0) is 21.9. The normalized spacial score (nSPS) is 27.0. The van der Waals surface area contributed by atoms with Crippen LogP contribution in [0.3, 0.4) is 0 Å². The van der Waals surface area contributed by atoms with E-state index in [1.807, 2.05) is 13.8 Å². The number of rotatable bonds is 6. The standard InChI is InChI=1S/C23H34N2O5/c1-6-16(3)24-21(26)17-14-30-23(12-8-9-15(2)13-23)25(17)22(27)20-18(28-4)10-7-11-19(20)29-5/h7,10-11,15-17H,6,8-9,12-14H2,1-5H3,(H,24,26)/t15-,16-,17-,23-/m0/s1. The molecule has 0 unspecified atom stereocenters. The van der Waals surface area contributed by atoms with Crippen LogP contribution in [0.15, 0.2) is 18.2 Å². The van der Waals surface area contributed by atoms with Crippen molar-refractivity contribution in [2.24, 2.45) is 5.92 Å². The number of nitrogens with one attached hydrogen (secondary N) is 1. The fraction of sp³-hybridized carbons (Fsp3) is 0.652. The van der Waals surface area contributed by atoms with E-state index in [0.29, 0.717) is 35.8 Å². The van der Waals surface area contributed by atoms with Crippen molar-refractivity contribution in [1.29, 1.82) is 0 Å². The van der Waals surface area contributed by atoms with Gasteiger partial charge in [-0.1, -0.05) is 26.3 Å². The average molecular weight is 419 g/mol. The van der Waals surface area contributed by atoms with Crippen LogP contribution in [0, 0.1) is 5.92 Å². The van der Waals surface area contributed by atoms with E-state index in [2.05, 4.69) is 12.2 Å². The van der Waals surface area contributed by atoms with Gasteiger partial charge in [0.25, 0.3) is 5.91 Å². The van der Waals surface area contributed by atoms with Crippen LogP contribution in [0.2, 0.25) is 0 Å². The van der Waals surface area contributed by atoms with E-state index in [1.165, 1.54) is 14.2 Å². The molecule has 0 aromatic heterocycles. The third-order valence-corrected chi connectivity index (χ3v) is 6.36. The summed E-state index contributed by atoms with van der Waals surface area (Å²) in [6.07, 6.45) is 4.29. The molecule has 1 spiro atoms. The van der Waals surface area contributed by atoms with Crippen molar-refractivity contribution in [3.8, 4) is 11.5 Å². The molecule has 1 aliphatic heterocycles. The molecule has 4 atom stereocenters. The van der Waals surface area contributed by atoms with Gasteiger partial charge in [-0.2, -0.15) is 0 Å². The SMILES string of the molecule is CC[C@H](C)NC(=O)[C@@H]1CO[C@]2(CCC[C@H](C)C2)N1C(=O)c1c(OC)cccc1OC. The third-order valence-electron chi connectivity index (χ3n) is 6.36. The summed E-state index contributed by atoms with van der Waals surface area (Å²) in [4.78, 5) is 28.8. The van der Waals surface area contributed by atoms with Gasteiger partial charge in [-0.15, -0.1) is 0 Å². The summed E-state index contributed by atoms with van der Waals surface area (Å²) in [5.41, 5.74) is -0.454. The van der Waals surface area contributed by atoms with Crippen LogP contribution >= 0.6 is 0 Å². The number of amides is 2. The van der Waals surface area contributed by atoms with Crippen LogP contribution < -0.4 is 14.8 Å². The van der Waals surface area contributed by atoms with Crippen LogP contribution in [0.5, 0.6) is 11.5 Å². The number of carbonyl (C=O) groups excluding carboxylic acids is 2. The number of hydrogen-bond acceptors (Lipinski definition) is 5. The molecule has 7 nitrogen and oxygen atoms in total. The van der Waals surface area contributed by atoms with E-state index >= 15 is 0 Å². The van der Waals surface area contributed by atoms with Crippen molar-refractivity contribution >= 4 is 11.8 Å². The Hall–Kier alpha value is -2.28. The van der Waals surface area contributed by atoms with Gasteiger partial charge in [0.1, 0.15) is 28.8 Å². The van der Waals surface area contributed by atoms with Crippen molar-refractivity contribution in [1.82, 2.24) is 10.2 Å². The van der Waals surface area contributed by atoms with Gasteiger partial charge in [0.15, 0.2) is 0 Å². The summed E-state index contributed by atoms with van der Waals surface area (Å²) in [5.74, 6) is 0.782. The molecule has 1 N–H and O–H groups in total. The zero-order valence-corrected chi connectivity index (χ0v) is 18.7. The van der Waals surface area contributed by atoms with Gasteiger partial charge in [0.2, 0.25) is 5.91 Å². The quantitative estimate of drug-likeness (QED) is 0.767. The van der Waals surface area contributed by atoms with Crippen LogP contribution in [-0.4, -0.2) is 55.3 Å². The predicted octanol–water partition coefficient (Wildman–Crippen LogP) is 3.37. The summed E-state index contributed by atoms with van der Waals surface area (Å²) in [7, 11) is 3.05. The monoisotopic (exact) mass is 418 g/mol. The van der Waals surface area contributed by atoms with Crippen LogP contribution in [0.4, 0.5) is 0 Å². The van der Waals surface area contributed by atoms with Crippen molar-refractivity contribution in [2.75, 3.05) is 20.8 Å². The number of carbonyl (C=O) groups is 2. The average Bonchev–Trinajstić information content (AvgIpc) is 3.10. The lowest BCUT2D eigenvalue weighted by Crippen LogP contribution is -2.57. The van der Waals surface area contributed by atoms with Gasteiger partial charge in [-0.3, -0.25) is 14.5 Å². The maximum absolute atomic E-state index is 14.0. The first-order valence-electron chi connectivity index (χ1n) is 10.9. The fourth-order valence-corrected chi connectivity index (χ4v) is 4.63. The zero-order valence-electron chi connectivity index (χ0n) is 18.7. The minimum absolute atomic E-state index is 0.0251. The summed E-state index contributed by atoms with van der Waals surface area (Å²) < 4.78 is 17.2. The summed E-state index contributed by atoms with van der Waals surface area (Å²) >= 11 is 0. The van der Waals surface area contributed by atoms with Gasteiger partial charge >= 0.3 is 0 Å². The van der Waals surface area contributed by atoms with Crippen molar-refractivity contribution in [2.45, 2.75) is 70.7 Å². The topological polar surface area (TPSA) is 77.1 Å². The van der Waals surface area contributed by atoms with E-state index in [9.17, 15) is 9.59 Å². The molecule has 0 bridgehead atoms. The van der Waals surface area contributed by atoms with Gasteiger partial charge < -0.3 is 19.5 Å². The molecule has 1 aromatic carbocycles. The summed E-state index contributed by atoms with van der Waals surface area (Å²) in [6.45, 7) is 6.34. The lowest BCUT2D eigenvalue weighted by molar-refractivity contribution is -0.129. The van der Waals surface area contributed by atoms with E-state index in [1.54, 1.807) is 23.1 Å². The van der Waals surface area contributed by atoms with Crippen LogP contribution in [0.25, 0.3) is 0 Å². The second-order valence-corrected chi connectivity index (χ2v) is 8.51. The predicted molar refractivity (Wildman–Crippen MR) is 114 cm³/mol. The molecular weight excluding hydrogens is 384 g/mol. The molecule has 30 heavy (non-hydrogen) atoms. The molecular formula is C23H34N2O5. The van der Waals surface area contributed by atoms with E-state index in [4.69, 9.17) is 14.2 Å². The molecule has 7 heteroatoms. The van der Waals surface area contributed by atoms with Gasteiger partial charge in [-0.05, 0) is 50.7 Å². The van der Waals surface area contributed by atoms with E-state index in [-0.39, 0.29) is 24.5 Å². The molecule has 1 aliphatic carbocycles. The van der Waals surface area contributed by atoms with Crippen molar-refractivity contribution < 1.29 is 23.8 Å². The summed E-state index contributed by atoms with van der Waals surface area (Å²) in [6, 6.07) is 4.58. The smallest absolute Gasteiger partial charge is 0.264 e. The number of ether oxygens (including phenoxy) is 3. The Morgan fingerprint density at radius 1 is 1.30 bits per heavy atom. The second kappa shape index (κ2) is 9.25. The Labute approximate surface area is 179 Å².